The first-order chi connectivity index (χ1) is 14.3. The summed E-state index contributed by atoms with van der Waals surface area (Å²) in [7, 11) is 0. The molecule has 0 unspecified atom stereocenters. The molecule has 0 saturated heterocycles. The largest absolute Gasteiger partial charge is 0.449 e. The molecule has 5 aromatic rings. The lowest BCUT2D eigenvalue weighted by molar-refractivity contribution is 0.0997. The molecule has 6 nitrogen and oxygen atoms in total. The summed E-state index contributed by atoms with van der Waals surface area (Å²) in [5.41, 5.74) is 2.89. The van der Waals surface area contributed by atoms with Crippen LogP contribution in [0, 0.1) is 0 Å². The molecule has 3 heterocycles. The van der Waals surface area contributed by atoms with Gasteiger partial charge in [0.1, 0.15) is 5.69 Å². The number of aromatic nitrogens is 3. The van der Waals surface area contributed by atoms with E-state index in [0.717, 1.165) is 16.5 Å². The number of carbonyl (C=O) groups excluding carboxylic acids is 1. The first-order valence-corrected chi connectivity index (χ1v) is 9.96. The van der Waals surface area contributed by atoms with Crippen molar-refractivity contribution in [2.24, 2.45) is 0 Å². The fourth-order valence-corrected chi connectivity index (χ4v) is 3.74. The molecule has 7 heteroatoms. The number of thiazole rings is 1. The van der Waals surface area contributed by atoms with Crippen LogP contribution in [-0.2, 0) is 6.54 Å². The summed E-state index contributed by atoms with van der Waals surface area (Å²) in [4.78, 5) is 16.5. The normalized spacial score (nSPS) is 11.0. The van der Waals surface area contributed by atoms with Crippen LogP contribution in [0.4, 0.5) is 5.13 Å². The van der Waals surface area contributed by atoms with Crippen LogP contribution in [0.2, 0.25) is 0 Å². The van der Waals surface area contributed by atoms with Crippen molar-refractivity contribution >= 4 is 33.3 Å². The number of benzene rings is 2. The Morgan fingerprint density at radius 1 is 1.03 bits per heavy atom. The predicted molar refractivity (Wildman–Crippen MR) is 113 cm³/mol. The molecule has 0 aliphatic heterocycles. The number of hydrogen-bond acceptors (Lipinski definition) is 5. The number of nitrogens with zero attached hydrogens (tertiary/aromatic N) is 3. The second-order valence-corrected chi connectivity index (χ2v) is 7.36. The van der Waals surface area contributed by atoms with Gasteiger partial charge in [0.15, 0.2) is 16.7 Å². The van der Waals surface area contributed by atoms with Crippen molar-refractivity contribution in [2.45, 2.75) is 6.54 Å². The highest BCUT2D eigenvalue weighted by atomic mass is 32.1. The number of hydrogen-bond donors (Lipinski definition) is 1. The van der Waals surface area contributed by atoms with Gasteiger partial charge in [-0.3, -0.25) is 14.8 Å². The Morgan fingerprint density at radius 3 is 2.69 bits per heavy atom. The van der Waals surface area contributed by atoms with Crippen molar-refractivity contribution in [3.05, 3.63) is 89.6 Å². The van der Waals surface area contributed by atoms with Crippen molar-refractivity contribution in [3.8, 4) is 11.5 Å². The summed E-state index contributed by atoms with van der Waals surface area (Å²) in [5.74, 6) is 0.438. The molecule has 5 rings (SSSR count). The molecule has 3 aromatic heterocycles. The number of anilines is 1. The molecule has 0 fully saturated rings. The molecule has 1 N–H and O–H groups in total. The van der Waals surface area contributed by atoms with Crippen LogP contribution in [0.5, 0.6) is 0 Å². The smallest absolute Gasteiger partial charge is 0.293 e. The first-order valence-electron chi connectivity index (χ1n) is 9.08. The van der Waals surface area contributed by atoms with Crippen molar-refractivity contribution in [1.29, 1.82) is 0 Å². The number of para-hydroxylation sites is 1. The van der Waals surface area contributed by atoms with Gasteiger partial charge in [0.25, 0.3) is 5.91 Å². The Balaban J connectivity index is 1.49. The zero-order chi connectivity index (χ0) is 19.6. The summed E-state index contributed by atoms with van der Waals surface area (Å²) in [5, 5.41) is 10.8. The third kappa shape index (κ3) is 3.43. The molecule has 0 saturated carbocycles. The summed E-state index contributed by atoms with van der Waals surface area (Å²) in [6.07, 6.45) is 1.64. The molecule has 0 spiro atoms. The minimum atomic E-state index is -0.334. The Hall–Kier alpha value is -3.71. The van der Waals surface area contributed by atoms with Gasteiger partial charge in [-0.2, -0.15) is 5.10 Å². The van der Waals surface area contributed by atoms with Gasteiger partial charge in [-0.05, 0) is 23.8 Å². The number of fused-ring (bicyclic) bond motifs is 1. The third-order valence-corrected chi connectivity index (χ3v) is 5.24. The van der Waals surface area contributed by atoms with Crippen LogP contribution in [0.25, 0.3) is 22.4 Å². The van der Waals surface area contributed by atoms with Crippen molar-refractivity contribution in [2.75, 3.05) is 5.32 Å². The van der Waals surface area contributed by atoms with Gasteiger partial charge >= 0.3 is 0 Å². The fourth-order valence-electron chi connectivity index (χ4n) is 3.22. The summed E-state index contributed by atoms with van der Waals surface area (Å²) in [6, 6.07) is 21.6. The van der Waals surface area contributed by atoms with E-state index in [1.54, 1.807) is 23.7 Å². The van der Waals surface area contributed by atoms with Gasteiger partial charge in [0.2, 0.25) is 0 Å². The minimum Gasteiger partial charge on any atom is -0.449 e. The van der Waals surface area contributed by atoms with Crippen molar-refractivity contribution in [1.82, 2.24) is 14.8 Å². The van der Waals surface area contributed by atoms with Crippen molar-refractivity contribution < 1.29 is 9.21 Å². The van der Waals surface area contributed by atoms with Crippen LogP contribution < -0.4 is 5.32 Å². The molecule has 29 heavy (non-hydrogen) atoms. The summed E-state index contributed by atoms with van der Waals surface area (Å²) in [6.45, 7) is 0.652. The van der Waals surface area contributed by atoms with Gasteiger partial charge in [0.05, 0.1) is 12.1 Å². The maximum Gasteiger partial charge on any atom is 0.293 e. The lowest BCUT2D eigenvalue weighted by atomic mass is 10.2. The van der Waals surface area contributed by atoms with E-state index in [-0.39, 0.29) is 11.7 Å². The van der Waals surface area contributed by atoms with E-state index in [4.69, 9.17) is 9.52 Å². The second kappa shape index (κ2) is 7.37. The van der Waals surface area contributed by atoms with E-state index in [2.05, 4.69) is 22.4 Å². The predicted octanol–water partition coefficient (Wildman–Crippen LogP) is 5.05. The van der Waals surface area contributed by atoms with Gasteiger partial charge in [-0.15, -0.1) is 11.3 Å². The van der Waals surface area contributed by atoms with Crippen molar-refractivity contribution in [3.63, 3.8) is 0 Å². The van der Waals surface area contributed by atoms with E-state index < -0.39 is 0 Å². The average molecular weight is 400 g/mol. The number of nitrogens with one attached hydrogen (secondary N) is 1. The number of furan rings is 1. The standard InChI is InChI=1S/C22H16N4O2S/c27-21(24-22-23-12-13-29-22)19-11-10-18(28-19)20-16-8-4-5-9-17(16)26(25-20)14-15-6-2-1-3-7-15/h1-13H,14H2,(H,23,24,27). The Kier molecular flexibility index (Phi) is 4.42. The molecular formula is C22H16N4O2S. The van der Waals surface area contributed by atoms with Gasteiger partial charge in [0, 0.05) is 17.0 Å². The van der Waals surface area contributed by atoms with E-state index in [1.807, 2.05) is 47.1 Å². The zero-order valence-corrected chi connectivity index (χ0v) is 16.1. The van der Waals surface area contributed by atoms with Crippen LogP contribution in [-0.4, -0.2) is 20.7 Å². The number of carbonyl (C=O) groups is 1. The third-order valence-electron chi connectivity index (χ3n) is 4.55. The summed E-state index contributed by atoms with van der Waals surface area (Å²) < 4.78 is 7.80. The molecule has 2 aromatic carbocycles. The first kappa shape index (κ1) is 17.4. The highest BCUT2D eigenvalue weighted by molar-refractivity contribution is 7.13. The maximum atomic E-state index is 12.4. The molecule has 142 valence electrons. The molecule has 0 bridgehead atoms. The van der Waals surface area contributed by atoms with E-state index in [9.17, 15) is 4.79 Å². The van der Waals surface area contributed by atoms with Gasteiger partial charge in [-0.25, -0.2) is 4.98 Å². The monoisotopic (exact) mass is 400 g/mol. The minimum absolute atomic E-state index is 0.219. The molecule has 1 amide bonds. The van der Waals surface area contributed by atoms with Crippen LogP contribution in [0.15, 0.2) is 82.7 Å². The molecule has 0 atom stereocenters. The quantitative estimate of drug-likeness (QED) is 0.448. The molecular weight excluding hydrogens is 384 g/mol. The molecule has 0 radical (unpaired) electrons. The number of rotatable bonds is 5. The summed E-state index contributed by atoms with van der Waals surface area (Å²) >= 11 is 1.35. The maximum absolute atomic E-state index is 12.4. The fraction of sp³-hybridized carbons (Fsp3) is 0.0455. The average Bonchev–Trinajstić information content (AvgIpc) is 3.49. The van der Waals surface area contributed by atoms with Crippen LogP contribution >= 0.6 is 11.3 Å². The Bertz CT molecular complexity index is 1270. The van der Waals surface area contributed by atoms with Crippen LogP contribution in [0.3, 0.4) is 0 Å². The van der Waals surface area contributed by atoms with E-state index in [0.29, 0.717) is 23.1 Å². The highest BCUT2D eigenvalue weighted by Gasteiger charge is 2.18. The number of amides is 1. The zero-order valence-electron chi connectivity index (χ0n) is 15.3. The molecule has 0 aliphatic rings. The lowest BCUT2D eigenvalue weighted by Gasteiger charge is -2.03. The SMILES string of the molecule is O=C(Nc1nccs1)c1ccc(-c2nn(Cc3ccccc3)c3ccccc23)o1. The van der Waals surface area contributed by atoms with Gasteiger partial charge < -0.3 is 4.42 Å². The molecule has 0 aliphatic carbocycles. The van der Waals surface area contributed by atoms with Crippen LogP contribution in [0.1, 0.15) is 16.1 Å². The Morgan fingerprint density at radius 2 is 1.86 bits per heavy atom. The highest BCUT2D eigenvalue weighted by Crippen LogP contribution is 2.30. The van der Waals surface area contributed by atoms with E-state index >= 15 is 0 Å². The Labute approximate surface area is 170 Å². The lowest BCUT2D eigenvalue weighted by Crippen LogP contribution is -2.10. The topological polar surface area (TPSA) is 73.0 Å². The second-order valence-electron chi connectivity index (χ2n) is 6.46. The van der Waals surface area contributed by atoms with E-state index in [1.165, 1.54) is 11.3 Å². The van der Waals surface area contributed by atoms with Gasteiger partial charge in [-0.1, -0.05) is 48.5 Å².